The smallest absolute Gasteiger partial charge is 0.429 e. The van der Waals surface area contributed by atoms with Gasteiger partial charge in [0.15, 0.2) is 5.78 Å². The summed E-state index contributed by atoms with van der Waals surface area (Å²) >= 11 is 0. The van der Waals surface area contributed by atoms with Gasteiger partial charge in [0, 0.05) is 6.42 Å². The molecule has 0 fully saturated rings. The Morgan fingerprint density at radius 2 is 1.67 bits per heavy atom. The van der Waals surface area contributed by atoms with E-state index in [0.29, 0.717) is 0 Å². The molecular weight excluding hydrogens is 240 g/mol. The molecule has 0 aromatic heterocycles. The SMILES string of the molecule is CCOC(=O)NN(C(=O)OCC)[C@H](C)C(=O)CC. The molecule has 0 aliphatic carbocycles. The fourth-order valence-corrected chi connectivity index (χ4v) is 1.19. The minimum Gasteiger partial charge on any atom is -0.449 e. The predicted octanol–water partition coefficient (Wildman–Crippen LogP) is 1.47. The van der Waals surface area contributed by atoms with E-state index in [1.807, 2.05) is 0 Å². The van der Waals surface area contributed by atoms with Crippen molar-refractivity contribution in [1.29, 1.82) is 0 Å². The van der Waals surface area contributed by atoms with Gasteiger partial charge in [-0.15, -0.1) is 0 Å². The fraction of sp³-hybridized carbons (Fsp3) is 0.727. The van der Waals surface area contributed by atoms with Crippen LogP contribution in [0.25, 0.3) is 0 Å². The van der Waals surface area contributed by atoms with E-state index in [1.54, 1.807) is 20.8 Å². The molecule has 0 bridgehead atoms. The molecule has 0 aliphatic heterocycles. The Balaban J connectivity index is 4.76. The number of rotatable bonds is 5. The zero-order valence-electron chi connectivity index (χ0n) is 11.2. The maximum absolute atomic E-state index is 11.6. The van der Waals surface area contributed by atoms with Crippen molar-refractivity contribution in [2.24, 2.45) is 0 Å². The molecule has 0 spiro atoms. The maximum atomic E-state index is 11.6. The highest BCUT2D eigenvalue weighted by atomic mass is 16.6. The molecule has 1 N–H and O–H groups in total. The molecule has 0 aromatic rings. The summed E-state index contributed by atoms with van der Waals surface area (Å²) in [6.07, 6.45) is -1.34. The summed E-state index contributed by atoms with van der Waals surface area (Å²) < 4.78 is 9.42. The van der Waals surface area contributed by atoms with E-state index < -0.39 is 18.2 Å². The normalized spacial score (nSPS) is 11.3. The number of carbonyl (C=O) groups excluding carboxylic acids is 3. The highest BCUT2D eigenvalue weighted by molar-refractivity contribution is 5.87. The summed E-state index contributed by atoms with van der Waals surface area (Å²) in [6.45, 7) is 6.76. The molecule has 0 aliphatic rings. The monoisotopic (exact) mass is 260 g/mol. The number of amides is 2. The topological polar surface area (TPSA) is 84.9 Å². The Kier molecular flexibility index (Phi) is 7.50. The number of carbonyl (C=O) groups is 3. The number of hydrogen-bond acceptors (Lipinski definition) is 5. The van der Waals surface area contributed by atoms with Crippen LogP contribution in [-0.2, 0) is 14.3 Å². The van der Waals surface area contributed by atoms with Crippen molar-refractivity contribution in [1.82, 2.24) is 10.4 Å². The number of Topliss-reactive ketones (excluding diaryl/α,β-unsaturated/α-hetero) is 1. The van der Waals surface area contributed by atoms with Crippen LogP contribution in [0.3, 0.4) is 0 Å². The first-order valence-electron chi connectivity index (χ1n) is 5.89. The van der Waals surface area contributed by atoms with Crippen LogP contribution in [0.15, 0.2) is 0 Å². The molecule has 104 valence electrons. The molecular formula is C11H20N2O5. The molecule has 18 heavy (non-hydrogen) atoms. The average Bonchev–Trinajstić information content (AvgIpc) is 2.34. The van der Waals surface area contributed by atoms with E-state index in [2.05, 4.69) is 10.2 Å². The second kappa shape index (κ2) is 8.32. The van der Waals surface area contributed by atoms with Crippen LogP contribution in [0.2, 0.25) is 0 Å². The van der Waals surface area contributed by atoms with Gasteiger partial charge in [0.25, 0.3) is 0 Å². The van der Waals surface area contributed by atoms with Crippen molar-refractivity contribution in [3.63, 3.8) is 0 Å². The summed E-state index contributed by atoms with van der Waals surface area (Å²) in [5.41, 5.74) is 2.19. The van der Waals surface area contributed by atoms with Gasteiger partial charge in [0.05, 0.1) is 13.2 Å². The predicted molar refractivity (Wildman–Crippen MR) is 63.8 cm³/mol. The number of hydrazine groups is 1. The summed E-state index contributed by atoms with van der Waals surface area (Å²) in [5.74, 6) is -0.195. The Morgan fingerprint density at radius 1 is 1.11 bits per heavy atom. The molecule has 0 saturated heterocycles. The van der Waals surface area contributed by atoms with Gasteiger partial charge in [0.2, 0.25) is 0 Å². The zero-order valence-corrected chi connectivity index (χ0v) is 11.2. The van der Waals surface area contributed by atoms with Crippen molar-refractivity contribution in [3.8, 4) is 0 Å². The van der Waals surface area contributed by atoms with Crippen LogP contribution in [0.1, 0.15) is 34.1 Å². The van der Waals surface area contributed by atoms with E-state index in [1.165, 1.54) is 6.92 Å². The molecule has 0 unspecified atom stereocenters. The number of hydrogen-bond donors (Lipinski definition) is 1. The molecule has 0 rings (SSSR count). The van der Waals surface area contributed by atoms with Gasteiger partial charge in [-0.1, -0.05) is 6.92 Å². The highest BCUT2D eigenvalue weighted by Crippen LogP contribution is 2.03. The fourth-order valence-electron chi connectivity index (χ4n) is 1.19. The second-order valence-corrected chi connectivity index (χ2v) is 3.40. The molecule has 7 heteroatoms. The lowest BCUT2D eigenvalue weighted by Crippen LogP contribution is -2.53. The van der Waals surface area contributed by atoms with Crippen molar-refractivity contribution in [2.45, 2.75) is 40.2 Å². The summed E-state index contributed by atoms with van der Waals surface area (Å²) in [4.78, 5) is 34.5. The number of ketones is 1. The molecule has 0 saturated carbocycles. The standard InChI is InChI=1S/C11H20N2O5/c1-5-9(14)8(4)13(11(16)18-7-3)12-10(15)17-6-2/h8H,5-7H2,1-4H3,(H,12,15)/t8-/m1/s1. The van der Waals surface area contributed by atoms with Crippen molar-refractivity contribution < 1.29 is 23.9 Å². The zero-order chi connectivity index (χ0) is 14.1. The van der Waals surface area contributed by atoms with E-state index in [-0.39, 0.29) is 25.4 Å². The molecule has 0 aromatic carbocycles. The highest BCUT2D eigenvalue weighted by Gasteiger charge is 2.28. The molecule has 1 atom stereocenters. The van der Waals surface area contributed by atoms with Crippen molar-refractivity contribution in [2.75, 3.05) is 13.2 Å². The number of nitrogens with zero attached hydrogens (tertiary/aromatic N) is 1. The van der Waals surface area contributed by atoms with Crippen LogP contribution in [0.5, 0.6) is 0 Å². The lowest BCUT2D eigenvalue weighted by atomic mass is 10.2. The first kappa shape index (κ1) is 16.2. The third-order valence-corrected chi connectivity index (χ3v) is 2.15. The van der Waals surface area contributed by atoms with Crippen LogP contribution < -0.4 is 5.43 Å². The first-order chi connectivity index (χ1) is 8.47. The van der Waals surface area contributed by atoms with Crippen LogP contribution in [0, 0.1) is 0 Å². The van der Waals surface area contributed by atoms with Gasteiger partial charge in [0.1, 0.15) is 6.04 Å². The largest absolute Gasteiger partial charge is 0.449 e. The number of nitrogens with one attached hydrogen (secondary N) is 1. The van der Waals surface area contributed by atoms with Crippen LogP contribution >= 0.6 is 0 Å². The minimum absolute atomic E-state index is 0.146. The number of ether oxygens (including phenoxy) is 2. The van der Waals surface area contributed by atoms with Gasteiger partial charge in [-0.2, -0.15) is 0 Å². The third-order valence-electron chi connectivity index (χ3n) is 2.15. The van der Waals surface area contributed by atoms with E-state index in [9.17, 15) is 14.4 Å². The van der Waals surface area contributed by atoms with Crippen molar-refractivity contribution >= 4 is 18.0 Å². The summed E-state index contributed by atoms with van der Waals surface area (Å²) in [5, 5.41) is 0.841. The van der Waals surface area contributed by atoms with Gasteiger partial charge < -0.3 is 9.47 Å². The molecule has 7 nitrogen and oxygen atoms in total. The Bertz CT molecular complexity index is 306. The van der Waals surface area contributed by atoms with E-state index >= 15 is 0 Å². The first-order valence-corrected chi connectivity index (χ1v) is 5.89. The third kappa shape index (κ3) is 5.03. The van der Waals surface area contributed by atoms with E-state index in [4.69, 9.17) is 4.74 Å². The second-order valence-electron chi connectivity index (χ2n) is 3.40. The van der Waals surface area contributed by atoms with Crippen LogP contribution in [0.4, 0.5) is 9.59 Å². The van der Waals surface area contributed by atoms with Gasteiger partial charge in [-0.25, -0.2) is 20.0 Å². The average molecular weight is 260 g/mol. The molecule has 0 radical (unpaired) electrons. The molecule has 2 amide bonds. The van der Waals surface area contributed by atoms with Gasteiger partial charge >= 0.3 is 12.2 Å². The molecule has 0 heterocycles. The van der Waals surface area contributed by atoms with Gasteiger partial charge in [-0.05, 0) is 20.8 Å². The van der Waals surface area contributed by atoms with Gasteiger partial charge in [-0.3, -0.25) is 4.79 Å². The summed E-state index contributed by atoms with van der Waals surface area (Å²) in [6, 6.07) is -0.807. The quantitative estimate of drug-likeness (QED) is 0.757. The summed E-state index contributed by atoms with van der Waals surface area (Å²) in [7, 11) is 0. The lowest BCUT2D eigenvalue weighted by Gasteiger charge is -2.26. The van der Waals surface area contributed by atoms with Crippen LogP contribution in [-0.4, -0.2) is 42.2 Å². The Hall–Kier alpha value is -1.79. The van der Waals surface area contributed by atoms with Crippen molar-refractivity contribution in [3.05, 3.63) is 0 Å². The van der Waals surface area contributed by atoms with E-state index in [0.717, 1.165) is 5.01 Å². The Morgan fingerprint density at radius 3 is 2.11 bits per heavy atom. The maximum Gasteiger partial charge on any atom is 0.429 e. The lowest BCUT2D eigenvalue weighted by molar-refractivity contribution is -0.123. The Labute approximate surface area is 106 Å². The minimum atomic E-state index is -0.807.